The first-order valence-electron chi connectivity index (χ1n) is 9.62. The largest absolute Gasteiger partial charge is 0.362 e. The van der Waals surface area contributed by atoms with E-state index in [1.165, 1.54) is 4.70 Å². The number of nitrogens with one attached hydrogen (secondary N) is 1. The molecule has 0 aliphatic rings. The minimum Gasteiger partial charge on any atom is -0.362 e. The van der Waals surface area contributed by atoms with Crippen LogP contribution in [0, 0.1) is 0 Å². The van der Waals surface area contributed by atoms with Gasteiger partial charge in [0.2, 0.25) is 0 Å². The van der Waals surface area contributed by atoms with Crippen molar-refractivity contribution in [1.82, 2.24) is 9.55 Å². The van der Waals surface area contributed by atoms with E-state index < -0.39 is 0 Å². The molecule has 0 saturated heterocycles. The summed E-state index contributed by atoms with van der Waals surface area (Å²) in [6, 6.07) is 21.1. The molecule has 0 amide bonds. The minimum absolute atomic E-state index is 0.130. The zero-order valence-electron chi connectivity index (χ0n) is 16.2. The number of hydrogen-bond donors (Lipinski definition) is 1. The zero-order valence-corrected chi connectivity index (χ0v) is 17.7. The highest BCUT2D eigenvalue weighted by Crippen LogP contribution is 2.30. The number of rotatable bonds is 4. The summed E-state index contributed by atoms with van der Waals surface area (Å²) in [7, 11) is 0. The van der Waals surface area contributed by atoms with Crippen LogP contribution in [0.1, 0.15) is 18.7 Å². The number of anilines is 1. The molecule has 0 radical (unpaired) electrons. The van der Waals surface area contributed by atoms with Gasteiger partial charge in [0.05, 0.1) is 16.5 Å². The summed E-state index contributed by atoms with van der Waals surface area (Å²) in [4.78, 5) is 18.1. The third kappa shape index (κ3) is 3.16. The molecular weight excluding hydrogens is 414 g/mol. The summed E-state index contributed by atoms with van der Waals surface area (Å²) < 4.78 is 2.91. The maximum absolute atomic E-state index is 13.5. The smallest absolute Gasteiger partial charge is 0.264 e. The summed E-state index contributed by atoms with van der Waals surface area (Å²) in [6.07, 6.45) is 1.80. The average molecular weight is 432 g/mol. The van der Waals surface area contributed by atoms with Gasteiger partial charge in [-0.25, -0.2) is 4.98 Å². The second-order valence-electron chi connectivity index (χ2n) is 7.11. The second-order valence-corrected chi connectivity index (χ2v) is 8.46. The molecule has 5 aromatic rings. The fourth-order valence-corrected chi connectivity index (χ4v) is 4.83. The number of halogens is 1. The predicted octanol–water partition coefficient (Wildman–Crippen LogP) is 6.43. The van der Waals surface area contributed by atoms with Gasteiger partial charge in [0, 0.05) is 27.7 Å². The van der Waals surface area contributed by atoms with Crippen molar-refractivity contribution in [3.05, 3.63) is 99.4 Å². The minimum atomic E-state index is -0.167. The van der Waals surface area contributed by atoms with Crippen molar-refractivity contribution in [1.29, 1.82) is 0 Å². The molecule has 6 heteroatoms. The maximum Gasteiger partial charge on any atom is 0.264 e. The highest BCUT2D eigenvalue weighted by molar-refractivity contribution is 7.17. The Morgan fingerprint density at radius 1 is 1.07 bits per heavy atom. The first-order chi connectivity index (χ1) is 14.6. The maximum atomic E-state index is 13.5. The Morgan fingerprint density at radius 3 is 2.73 bits per heavy atom. The number of hydrogen-bond acceptors (Lipinski definition) is 4. The molecule has 0 saturated carbocycles. The van der Waals surface area contributed by atoms with E-state index >= 15 is 0 Å². The summed E-state index contributed by atoms with van der Waals surface area (Å²) in [5.74, 6) is 0.805. The van der Waals surface area contributed by atoms with E-state index in [2.05, 4.69) is 21.7 Å². The topological polar surface area (TPSA) is 46.9 Å². The van der Waals surface area contributed by atoms with E-state index in [0.717, 1.165) is 28.0 Å². The molecule has 3 aromatic heterocycles. The highest BCUT2D eigenvalue weighted by Gasteiger charge is 2.18. The lowest BCUT2D eigenvalue weighted by Gasteiger charge is -2.22. The van der Waals surface area contributed by atoms with Crippen LogP contribution in [0.4, 0.5) is 5.82 Å². The van der Waals surface area contributed by atoms with Crippen LogP contribution in [0.5, 0.6) is 0 Å². The van der Waals surface area contributed by atoms with Crippen molar-refractivity contribution >= 4 is 49.6 Å². The van der Waals surface area contributed by atoms with Crippen LogP contribution in [0.2, 0.25) is 5.02 Å². The fraction of sp³-hybridized carbons (Fsp3) is 0.0833. The molecule has 30 heavy (non-hydrogen) atoms. The van der Waals surface area contributed by atoms with E-state index in [-0.39, 0.29) is 11.6 Å². The first kappa shape index (κ1) is 18.9. The molecule has 0 aliphatic heterocycles. The molecule has 148 valence electrons. The lowest BCUT2D eigenvalue weighted by atomic mass is 10.1. The van der Waals surface area contributed by atoms with Crippen LogP contribution in [0.15, 0.2) is 83.1 Å². The zero-order chi connectivity index (χ0) is 20.7. The standard InChI is InChI=1S/C24H18ClN3OS/c1-15(27-23-18-11-13-30-21(18)10-12-26-23)20-14-16-6-5-9-19(25)22(16)24(29)28(20)17-7-3-2-4-8-17/h2-15H,1H3,(H,26,27)/t15-/m0/s1. The van der Waals surface area contributed by atoms with Crippen molar-refractivity contribution in [2.45, 2.75) is 13.0 Å². The molecule has 0 unspecified atom stereocenters. The molecule has 1 N–H and O–H groups in total. The second kappa shape index (κ2) is 7.59. The third-order valence-corrected chi connectivity index (χ3v) is 6.41. The van der Waals surface area contributed by atoms with Gasteiger partial charge in [-0.05, 0) is 54.1 Å². The molecule has 5 rings (SSSR count). The number of benzene rings is 2. The SMILES string of the molecule is C[C@H](Nc1nccc2sccc12)c1cc2cccc(Cl)c2c(=O)n1-c1ccccc1. The lowest BCUT2D eigenvalue weighted by molar-refractivity contribution is 0.775. The molecule has 0 spiro atoms. The van der Waals surface area contributed by atoms with Gasteiger partial charge >= 0.3 is 0 Å². The Labute approximate surface area is 182 Å². The molecule has 0 bridgehead atoms. The van der Waals surface area contributed by atoms with Crippen molar-refractivity contribution < 1.29 is 0 Å². The monoisotopic (exact) mass is 431 g/mol. The number of thiophene rings is 1. The Balaban J connectivity index is 1.71. The van der Waals surface area contributed by atoms with E-state index in [0.29, 0.717) is 10.4 Å². The van der Waals surface area contributed by atoms with E-state index in [1.54, 1.807) is 28.2 Å². The highest BCUT2D eigenvalue weighted by atomic mass is 35.5. The Bertz CT molecular complexity index is 1430. The van der Waals surface area contributed by atoms with Gasteiger partial charge in [-0.2, -0.15) is 0 Å². The number of aromatic nitrogens is 2. The molecule has 1 atom stereocenters. The normalized spacial score (nSPS) is 12.3. The summed E-state index contributed by atoms with van der Waals surface area (Å²) in [5, 5.41) is 8.44. The van der Waals surface area contributed by atoms with Gasteiger partial charge < -0.3 is 5.32 Å². The third-order valence-electron chi connectivity index (χ3n) is 5.22. The van der Waals surface area contributed by atoms with Gasteiger partial charge in [-0.3, -0.25) is 9.36 Å². The average Bonchev–Trinajstić information content (AvgIpc) is 3.24. The predicted molar refractivity (Wildman–Crippen MR) is 126 cm³/mol. The fourth-order valence-electron chi connectivity index (χ4n) is 3.79. The molecular formula is C24H18ClN3OS. The van der Waals surface area contributed by atoms with Crippen LogP contribution >= 0.6 is 22.9 Å². The number of para-hydroxylation sites is 1. The van der Waals surface area contributed by atoms with Crippen LogP contribution in [0.25, 0.3) is 26.5 Å². The Morgan fingerprint density at radius 2 is 1.90 bits per heavy atom. The van der Waals surface area contributed by atoms with Crippen molar-refractivity contribution in [3.8, 4) is 5.69 Å². The summed E-state index contributed by atoms with van der Waals surface area (Å²) >= 11 is 8.08. The van der Waals surface area contributed by atoms with Gasteiger partial charge in [-0.1, -0.05) is 41.9 Å². The van der Waals surface area contributed by atoms with E-state index in [4.69, 9.17) is 11.6 Å². The van der Waals surface area contributed by atoms with Gasteiger partial charge in [0.25, 0.3) is 5.56 Å². The van der Waals surface area contributed by atoms with Crippen molar-refractivity contribution in [3.63, 3.8) is 0 Å². The van der Waals surface area contributed by atoms with E-state index in [1.807, 2.05) is 61.5 Å². The van der Waals surface area contributed by atoms with Crippen LogP contribution in [0.3, 0.4) is 0 Å². The van der Waals surface area contributed by atoms with Crippen molar-refractivity contribution in [2.75, 3.05) is 5.32 Å². The van der Waals surface area contributed by atoms with Gasteiger partial charge in [-0.15, -0.1) is 11.3 Å². The summed E-state index contributed by atoms with van der Waals surface area (Å²) in [6.45, 7) is 2.04. The summed E-state index contributed by atoms with van der Waals surface area (Å²) in [5.41, 5.74) is 1.51. The van der Waals surface area contributed by atoms with Crippen molar-refractivity contribution in [2.24, 2.45) is 0 Å². The molecule has 0 aliphatic carbocycles. The first-order valence-corrected chi connectivity index (χ1v) is 10.9. The molecule has 4 nitrogen and oxygen atoms in total. The van der Waals surface area contributed by atoms with Crippen LogP contribution < -0.4 is 10.9 Å². The van der Waals surface area contributed by atoms with Gasteiger partial charge in [0.1, 0.15) is 5.82 Å². The van der Waals surface area contributed by atoms with Gasteiger partial charge in [0.15, 0.2) is 0 Å². The number of pyridine rings is 2. The molecule has 0 fully saturated rings. The number of fused-ring (bicyclic) bond motifs is 2. The van der Waals surface area contributed by atoms with Crippen LogP contribution in [-0.2, 0) is 0 Å². The Kier molecular flexibility index (Phi) is 4.77. The van der Waals surface area contributed by atoms with E-state index in [9.17, 15) is 4.79 Å². The molecule has 3 heterocycles. The Hall–Kier alpha value is -3.15. The quantitative estimate of drug-likeness (QED) is 0.356. The lowest BCUT2D eigenvalue weighted by Crippen LogP contribution is -2.25. The number of nitrogens with zero attached hydrogens (tertiary/aromatic N) is 2. The van der Waals surface area contributed by atoms with Crippen LogP contribution in [-0.4, -0.2) is 9.55 Å². The molecule has 2 aromatic carbocycles.